The molecule has 2 aromatic carbocycles. The lowest BCUT2D eigenvalue weighted by molar-refractivity contribution is 0.442. The van der Waals surface area contributed by atoms with Gasteiger partial charge in [-0.15, -0.1) is 0 Å². The maximum atomic E-state index is 4.63. The van der Waals surface area contributed by atoms with Crippen LogP contribution in [0.5, 0.6) is 0 Å². The van der Waals surface area contributed by atoms with Crippen LogP contribution in [-0.2, 0) is 0 Å². The summed E-state index contributed by atoms with van der Waals surface area (Å²) in [5, 5.41) is 0.621. The Balaban J connectivity index is 1.49. The van der Waals surface area contributed by atoms with Crippen molar-refractivity contribution in [1.82, 2.24) is 0 Å². The van der Waals surface area contributed by atoms with Gasteiger partial charge in [0.05, 0.1) is 0 Å². The minimum Gasteiger partial charge on any atom is -0.176 e. The van der Waals surface area contributed by atoms with Crippen LogP contribution < -0.4 is 0 Å². The summed E-state index contributed by atoms with van der Waals surface area (Å²) < 4.78 is 0. The number of hydrogen-bond acceptors (Lipinski definition) is 1. The van der Waals surface area contributed by atoms with Gasteiger partial charge in [-0.3, -0.25) is 0 Å². The van der Waals surface area contributed by atoms with Gasteiger partial charge in [-0.05, 0) is 85.1 Å². The van der Waals surface area contributed by atoms with Gasteiger partial charge >= 0.3 is 0 Å². The highest BCUT2D eigenvalue weighted by atomic mass is 32.1. The third kappa shape index (κ3) is 4.03. The molecule has 0 bridgehead atoms. The van der Waals surface area contributed by atoms with Crippen molar-refractivity contribution < 1.29 is 0 Å². The lowest BCUT2D eigenvalue weighted by Crippen LogP contribution is -2.12. The summed E-state index contributed by atoms with van der Waals surface area (Å²) in [6, 6.07) is 16.5. The first kappa shape index (κ1) is 18.2. The van der Waals surface area contributed by atoms with Crippen LogP contribution in [0.2, 0.25) is 0 Å². The number of rotatable bonds is 3. The van der Waals surface area contributed by atoms with E-state index in [1.165, 1.54) is 80.0 Å². The van der Waals surface area contributed by atoms with Crippen molar-refractivity contribution in [2.75, 3.05) is 0 Å². The number of thiol groups is 1. The molecule has 2 aromatic rings. The van der Waals surface area contributed by atoms with Crippen molar-refractivity contribution in [3.8, 4) is 11.1 Å². The molecular formula is C25H32S. The molecule has 138 valence electrons. The van der Waals surface area contributed by atoms with Crippen LogP contribution in [0.15, 0.2) is 42.5 Å². The molecule has 0 saturated heterocycles. The predicted molar refractivity (Wildman–Crippen MR) is 116 cm³/mol. The molecule has 4 rings (SSSR count). The van der Waals surface area contributed by atoms with E-state index < -0.39 is 0 Å². The first-order valence-corrected chi connectivity index (χ1v) is 11.1. The standard InChI is InChI=1S/C25H32S/c1-18-17-23(13-16-25(18)22-5-3-2-4-6-22)21-9-7-19(8-10-21)20-11-14-24(26)15-12-20/h7-10,13,16-17,20,22,24,26H,2-6,11-12,14-15H2,1H3. The fourth-order valence-electron chi connectivity index (χ4n) is 5.08. The third-order valence-corrected chi connectivity index (χ3v) is 7.24. The lowest BCUT2D eigenvalue weighted by Gasteiger charge is -2.26. The van der Waals surface area contributed by atoms with E-state index in [-0.39, 0.29) is 0 Å². The van der Waals surface area contributed by atoms with E-state index in [4.69, 9.17) is 0 Å². The molecule has 0 unspecified atom stereocenters. The van der Waals surface area contributed by atoms with E-state index >= 15 is 0 Å². The van der Waals surface area contributed by atoms with E-state index in [0.29, 0.717) is 5.25 Å². The van der Waals surface area contributed by atoms with Crippen LogP contribution in [0.25, 0.3) is 11.1 Å². The molecule has 0 radical (unpaired) electrons. The molecule has 26 heavy (non-hydrogen) atoms. The molecule has 0 atom stereocenters. The Morgan fingerprint density at radius 1 is 0.692 bits per heavy atom. The molecule has 2 aliphatic carbocycles. The van der Waals surface area contributed by atoms with Gasteiger partial charge in [0.2, 0.25) is 0 Å². The van der Waals surface area contributed by atoms with Crippen LogP contribution in [-0.4, -0.2) is 5.25 Å². The fraction of sp³-hybridized carbons (Fsp3) is 0.520. The largest absolute Gasteiger partial charge is 0.176 e. The van der Waals surface area contributed by atoms with Crippen LogP contribution in [0.4, 0.5) is 0 Å². The number of benzene rings is 2. The third-order valence-electron chi connectivity index (χ3n) is 6.73. The zero-order valence-corrected chi connectivity index (χ0v) is 17.0. The average molecular weight is 365 g/mol. The number of hydrogen-bond donors (Lipinski definition) is 1. The SMILES string of the molecule is Cc1cc(-c2ccc(C3CCC(S)CC3)cc2)ccc1C1CCCCC1. The van der Waals surface area contributed by atoms with Crippen LogP contribution in [0, 0.1) is 6.92 Å². The second kappa shape index (κ2) is 8.21. The Bertz CT molecular complexity index is 716. The average Bonchev–Trinajstić information content (AvgIpc) is 2.69. The van der Waals surface area contributed by atoms with Crippen molar-refractivity contribution in [3.05, 3.63) is 59.2 Å². The van der Waals surface area contributed by atoms with E-state index in [0.717, 1.165) is 11.8 Å². The van der Waals surface area contributed by atoms with Gasteiger partial charge in [0.25, 0.3) is 0 Å². The van der Waals surface area contributed by atoms with Crippen molar-refractivity contribution in [2.45, 2.75) is 81.8 Å². The smallest absolute Gasteiger partial charge is 0.00172 e. The Morgan fingerprint density at radius 2 is 1.35 bits per heavy atom. The van der Waals surface area contributed by atoms with Gasteiger partial charge in [-0.2, -0.15) is 12.6 Å². The summed E-state index contributed by atoms with van der Waals surface area (Å²) in [7, 11) is 0. The van der Waals surface area contributed by atoms with Crippen LogP contribution in [0.3, 0.4) is 0 Å². The zero-order chi connectivity index (χ0) is 17.9. The zero-order valence-electron chi connectivity index (χ0n) is 16.1. The minimum atomic E-state index is 0.621. The fourth-order valence-corrected chi connectivity index (χ4v) is 5.38. The van der Waals surface area contributed by atoms with Crippen molar-refractivity contribution in [2.24, 2.45) is 0 Å². The van der Waals surface area contributed by atoms with Gasteiger partial charge in [0, 0.05) is 5.25 Å². The summed E-state index contributed by atoms with van der Waals surface area (Å²) in [4.78, 5) is 0. The van der Waals surface area contributed by atoms with Crippen LogP contribution in [0.1, 0.15) is 86.3 Å². The van der Waals surface area contributed by atoms with Crippen LogP contribution >= 0.6 is 12.6 Å². The molecule has 0 aliphatic heterocycles. The molecule has 2 fully saturated rings. The normalized spacial score (nSPS) is 24.5. The van der Waals surface area contributed by atoms with Gasteiger partial charge in [-0.1, -0.05) is 61.7 Å². The Morgan fingerprint density at radius 3 is 2.00 bits per heavy atom. The van der Waals surface area contributed by atoms with E-state index in [1.54, 1.807) is 5.56 Å². The van der Waals surface area contributed by atoms with E-state index in [2.05, 4.69) is 62.0 Å². The minimum absolute atomic E-state index is 0.621. The molecule has 0 amide bonds. The quantitative estimate of drug-likeness (QED) is 0.531. The van der Waals surface area contributed by atoms with Gasteiger partial charge in [0.1, 0.15) is 0 Å². The highest BCUT2D eigenvalue weighted by molar-refractivity contribution is 7.80. The molecular weight excluding hydrogens is 332 g/mol. The highest BCUT2D eigenvalue weighted by Gasteiger charge is 2.20. The summed E-state index contributed by atoms with van der Waals surface area (Å²) >= 11 is 4.63. The first-order chi connectivity index (χ1) is 12.7. The summed E-state index contributed by atoms with van der Waals surface area (Å²) in [5.74, 6) is 1.53. The molecule has 0 heterocycles. The molecule has 0 nitrogen and oxygen atoms in total. The molecule has 0 aromatic heterocycles. The monoisotopic (exact) mass is 364 g/mol. The van der Waals surface area contributed by atoms with Gasteiger partial charge < -0.3 is 0 Å². The lowest BCUT2D eigenvalue weighted by atomic mass is 9.81. The first-order valence-electron chi connectivity index (χ1n) is 10.6. The maximum absolute atomic E-state index is 4.63. The molecule has 0 spiro atoms. The van der Waals surface area contributed by atoms with E-state index in [1.807, 2.05) is 0 Å². The van der Waals surface area contributed by atoms with Gasteiger partial charge in [0.15, 0.2) is 0 Å². The molecule has 2 saturated carbocycles. The topological polar surface area (TPSA) is 0 Å². The van der Waals surface area contributed by atoms with Crippen molar-refractivity contribution in [3.63, 3.8) is 0 Å². The Hall–Kier alpha value is -1.21. The molecule has 1 heteroatoms. The van der Waals surface area contributed by atoms with Crippen molar-refractivity contribution in [1.29, 1.82) is 0 Å². The molecule has 2 aliphatic rings. The highest BCUT2D eigenvalue weighted by Crippen LogP contribution is 2.37. The second-order valence-electron chi connectivity index (χ2n) is 8.53. The maximum Gasteiger partial charge on any atom is 0.00172 e. The predicted octanol–water partition coefficient (Wildman–Crippen LogP) is 7.67. The van der Waals surface area contributed by atoms with Crippen molar-refractivity contribution >= 4 is 12.6 Å². The summed E-state index contributed by atoms with van der Waals surface area (Å²) in [6.45, 7) is 2.30. The molecule has 0 N–H and O–H groups in total. The second-order valence-corrected chi connectivity index (χ2v) is 9.26. The Labute approximate surface area is 164 Å². The van der Waals surface area contributed by atoms with Gasteiger partial charge in [-0.25, -0.2) is 0 Å². The summed E-state index contributed by atoms with van der Waals surface area (Å²) in [5.41, 5.74) is 7.31. The number of aryl methyl sites for hydroxylation is 1. The summed E-state index contributed by atoms with van der Waals surface area (Å²) in [6.07, 6.45) is 12.1. The van der Waals surface area contributed by atoms with E-state index in [9.17, 15) is 0 Å². The Kier molecular flexibility index (Phi) is 5.74.